The number of carbonyl (C=O) groups is 3. The van der Waals surface area contributed by atoms with Crippen molar-refractivity contribution in [1.29, 1.82) is 0 Å². The van der Waals surface area contributed by atoms with Crippen molar-refractivity contribution in [3.8, 4) is 0 Å². The average molecular weight is 306 g/mol. The fourth-order valence-electron chi connectivity index (χ4n) is 2.52. The second-order valence-corrected chi connectivity index (χ2v) is 5.24. The molecule has 0 aromatic rings. The molecule has 0 bridgehead atoms. The van der Waals surface area contributed by atoms with Gasteiger partial charge >= 0.3 is 17.9 Å². The largest absolute Gasteiger partial charge is 0.481 e. The van der Waals surface area contributed by atoms with Gasteiger partial charge in [-0.05, 0) is 17.8 Å². The molecule has 0 aromatic heterocycles. The molecule has 7 nitrogen and oxygen atoms in total. The van der Waals surface area contributed by atoms with E-state index in [1.165, 1.54) is 0 Å². The van der Waals surface area contributed by atoms with E-state index in [0.29, 0.717) is 0 Å². The van der Waals surface area contributed by atoms with Crippen LogP contribution in [0.5, 0.6) is 0 Å². The topological polar surface area (TPSA) is 110 Å². The Bertz CT molecular complexity index is 371. The standard InChI is InChI=1S/C12H18O7S/c1-20-19-12(17)3-8-6-18-5-7(2-10(13)14)9(8)4-11(15)16/h7-9H,2-6H2,1H3,(H,13,14)(H,15,16). The van der Waals surface area contributed by atoms with Gasteiger partial charge in [0.1, 0.15) is 0 Å². The van der Waals surface area contributed by atoms with Crippen molar-refractivity contribution in [1.82, 2.24) is 0 Å². The van der Waals surface area contributed by atoms with E-state index in [2.05, 4.69) is 0 Å². The second-order valence-electron chi connectivity index (χ2n) is 4.74. The summed E-state index contributed by atoms with van der Waals surface area (Å²) in [5.74, 6) is -3.57. The van der Waals surface area contributed by atoms with Crippen molar-refractivity contribution < 1.29 is 33.5 Å². The van der Waals surface area contributed by atoms with Gasteiger partial charge in [0.05, 0.1) is 38.1 Å². The lowest BCUT2D eigenvalue weighted by Crippen LogP contribution is -2.39. The van der Waals surface area contributed by atoms with E-state index in [9.17, 15) is 14.4 Å². The first-order chi connectivity index (χ1) is 9.43. The van der Waals surface area contributed by atoms with Crippen molar-refractivity contribution >= 4 is 30.0 Å². The fourth-order valence-corrected chi connectivity index (χ4v) is 2.78. The third-order valence-corrected chi connectivity index (χ3v) is 3.68. The van der Waals surface area contributed by atoms with Crippen LogP contribution in [-0.4, -0.2) is 47.6 Å². The Morgan fingerprint density at radius 2 is 1.65 bits per heavy atom. The van der Waals surface area contributed by atoms with Gasteiger partial charge in [-0.3, -0.25) is 14.4 Å². The third-order valence-electron chi connectivity index (χ3n) is 3.33. The van der Waals surface area contributed by atoms with Crippen molar-refractivity contribution in [2.75, 3.05) is 19.5 Å². The molecule has 0 spiro atoms. The molecule has 1 fully saturated rings. The van der Waals surface area contributed by atoms with Crippen LogP contribution in [0.4, 0.5) is 0 Å². The second kappa shape index (κ2) is 8.11. The third kappa shape index (κ3) is 5.38. The summed E-state index contributed by atoms with van der Waals surface area (Å²) in [7, 11) is 0. The molecular formula is C12H18O7S. The Hall–Kier alpha value is -1.28. The van der Waals surface area contributed by atoms with E-state index < -0.39 is 29.7 Å². The van der Waals surface area contributed by atoms with Gasteiger partial charge in [0, 0.05) is 12.7 Å². The first-order valence-electron chi connectivity index (χ1n) is 6.18. The minimum atomic E-state index is -1.00. The van der Waals surface area contributed by atoms with Crippen molar-refractivity contribution in [3.05, 3.63) is 0 Å². The van der Waals surface area contributed by atoms with Gasteiger partial charge in [-0.25, -0.2) is 0 Å². The molecule has 1 heterocycles. The summed E-state index contributed by atoms with van der Waals surface area (Å²) in [4.78, 5) is 33.3. The van der Waals surface area contributed by atoms with E-state index in [-0.39, 0.29) is 38.4 Å². The molecule has 0 aromatic carbocycles. The summed E-state index contributed by atoms with van der Waals surface area (Å²) in [5.41, 5.74) is 0. The molecule has 3 unspecified atom stereocenters. The van der Waals surface area contributed by atoms with E-state index in [4.69, 9.17) is 19.1 Å². The Balaban J connectivity index is 2.75. The summed E-state index contributed by atoms with van der Waals surface area (Å²) in [6, 6.07) is 0. The molecule has 0 radical (unpaired) electrons. The molecule has 0 saturated carbocycles. The molecular weight excluding hydrogens is 288 g/mol. The van der Waals surface area contributed by atoms with Crippen LogP contribution in [0.15, 0.2) is 0 Å². The number of carboxylic acids is 2. The molecule has 1 saturated heterocycles. The maximum Gasteiger partial charge on any atom is 0.318 e. The summed E-state index contributed by atoms with van der Waals surface area (Å²) in [5, 5.41) is 17.8. The number of aliphatic carboxylic acids is 2. The van der Waals surface area contributed by atoms with Crippen LogP contribution in [0.2, 0.25) is 0 Å². The van der Waals surface area contributed by atoms with Crippen molar-refractivity contribution in [3.63, 3.8) is 0 Å². The highest BCUT2D eigenvalue weighted by Gasteiger charge is 2.37. The zero-order valence-electron chi connectivity index (χ0n) is 11.1. The number of carboxylic acid groups (broad SMARTS) is 2. The predicted molar refractivity (Wildman–Crippen MR) is 70.0 cm³/mol. The molecule has 1 aliphatic heterocycles. The quantitative estimate of drug-likeness (QED) is 0.671. The Labute approximate surface area is 120 Å². The van der Waals surface area contributed by atoms with Crippen molar-refractivity contribution in [2.45, 2.75) is 19.3 Å². The molecule has 1 aliphatic rings. The normalized spacial score (nSPS) is 25.9. The molecule has 0 aliphatic carbocycles. The van der Waals surface area contributed by atoms with Crippen LogP contribution in [0.1, 0.15) is 19.3 Å². The van der Waals surface area contributed by atoms with Crippen LogP contribution in [-0.2, 0) is 23.3 Å². The highest BCUT2D eigenvalue weighted by molar-refractivity contribution is 7.94. The number of carbonyl (C=O) groups excluding carboxylic acids is 1. The average Bonchev–Trinajstić information content (AvgIpc) is 2.32. The zero-order chi connectivity index (χ0) is 15.1. The first kappa shape index (κ1) is 16.8. The molecule has 20 heavy (non-hydrogen) atoms. The molecule has 1 rings (SSSR count). The van der Waals surface area contributed by atoms with Crippen LogP contribution < -0.4 is 0 Å². The zero-order valence-corrected chi connectivity index (χ0v) is 11.9. The van der Waals surface area contributed by atoms with Gasteiger partial charge < -0.3 is 19.1 Å². The van der Waals surface area contributed by atoms with E-state index in [1.54, 1.807) is 6.26 Å². The van der Waals surface area contributed by atoms with Crippen LogP contribution in [0.3, 0.4) is 0 Å². The number of rotatable bonds is 7. The fraction of sp³-hybridized carbons (Fsp3) is 0.750. The van der Waals surface area contributed by atoms with E-state index in [0.717, 1.165) is 12.0 Å². The number of hydrogen-bond acceptors (Lipinski definition) is 6. The minimum absolute atomic E-state index is 0.0366. The van der Waals surface area contributed by atoms with Gasteiger partial charge in [-0.15, -0.1) is 0 Å². The van der Waals surface area contributed by atoms with Crippen molar-refractivity contribution in [2.24, 2.45) is 17.8 Å². The van der Waals surface area contributed by atoms with Crippen LogP contribution >= 0.6 is 12.0 Å². The molecule has 3 atom stereocenters. The lowest BCUT2D eigenvalue weighted by Gasteiger charge is -2.36. The SMILES string of the molecule is CSOC(=O)CC1COCC(CC(=O)O)C1CC(=O)O. The Morgan fingerprint density at radius 3 is 2.15 bits per heavy atom. The maximum absolute atomic E-state index is 11.5. The molecule has 8 heteroatoms. The number of ether oxygens (including phenoxy) is 1. The summed E-state index contributed by atoms with van der Waals surface area (Å²) in [6.45, 7) is 0.454. The smallest absolute Gasteiger partial charge is 0.318 e. The summed E-state index contributed by atoms with van der Waals surface area (Å²) >= 11 is 0.924. The molecule has 0 amide bonds. The predicted octanol–water partition coefficient (Wildman–Crippen LogP) is 1.03. The molecule has 2 N–H and O–H groups in total. The van der Waals surface area contributed by atoms with Gasteiger partial charge in [0.25, 0.3) is 0 Å². The Morgan fingerprint density at radius 1 is 1.10 bits per heavy atom. The highest BCUT2D eigenvalue weighted by Crippen LogP contribution is 2.34. The van der Waals surface area contributed by atoms with Gasteiger partial charge in [0.2, 0.25) is 0 Å². The highest BCUT2D eigenvalue weighted by atomic mass is 32.2. The maximum atomic E-state index is 11.5. The van der Waals surface area contributed by atoms with Crippen LogP contribution in [0.25, 0.3) is 0 Å². The van der Waals surface area contributed by atoms with Gasteiger partial charge in [-0.2, -0.15) is 0 Å². The number of hydrogen-bond donors (Lipinski definition) is 2. The lowest BCUT2D eigenvalue weighted by atomic mass is 9.75. The monoisotopic (exact) mass is 306 g/mol. The van der Waals surface area contributed by atoms with Crippen LogP contribution in [0, 0.1) is 17.8 Å². The summed E-state index contributed by atoms with van der Waals surface area (Å²) < 4.78 is 10.1. The summed E-state index contributed by atoms with van der Waals surface area (Å²) in [6.07, 6.45) is 1.32. The molecule has 114 valence electrons. The van der Waals surface area contributed by atoms with Gasteiger partial charge in [-0.1, -0.05) is 0 Å². The van der Waals surface area contributed by atoms with E-state index >= 15 is 0 Å². The Kier molecular flexibility index (Phi) is 6.80. The minimum Gasteiger partial charge on any atom is -0.481 e. The van der Waals surface area contributed by atoms with Gasteiger partial charge in [0.15, 0.2) is 0 Å². The lowest BCUT2D eigenvalue weighted by molar-refractivity contribution is -0.149. The first-order valence-corrected chi connectivity index (χ1v) is 7.33. The van der Waals surface area contributed by atoms with E-state index in [1.807, 2.05) is 0 Å².